The average Bonchev–Trinajstić information content (AvgIpc) is 2.34. The first-order valence-corrected chi connectivity index (χ1v) is 5.31. The molecular formula is C12H14N2O4. The standard InChI is InChI=1S/C12H14N2O4/c1-8(7-13)17-4-5-18-9-2-3-10(12(15)16)11(14)6-9/h2-3,6,8H,4-5,14H2,1H3,(H,15,16). The van der Waals surface area contributed by atoms with E-state index in [1.165, 1.54) is 18.2 Å². The Labute approximate surface area is 105 Å². The first-order valence-electron chi connectivity index (χ1n) is 5.31. The smallest absolute Gasteiger partial charge is 0.337 e. The molecule has 0 saturated carbocycles. The summed E-state index contributed by atoms with van der Waals surface area (Å²) in [5.41, 5.74) is 5.74. The van der Waals surface area contributed by atoms with Gasteiger partial charge in [0.05, 0.1) is 18.2 Å². The number of nitrogens with two attached hydrogens (primary N) is 1. The van der Waals surface area contributed by atoms with Gasteiger partial charge in [-0.15, -0.1) is 0 Å². The molecule has 1 aromatic rings. The molecular weight excluding hydrogens is 236 g/mol. The van der Waals surface area contributed by atoms with Gasteiger partial charge in [0.15, 0.2) is 0 Å². The molecule has 96 valence electrons. The summed E-state index contributed by atoms with van der Waals surface area (Å²) >= 11 is 0. The van der Waals surface area contributed by atoms with Crippen molar-refractivity contribution < 1.29 is 19.4 Å². The van der Waals surface area contributed by atoms with Gasteiger partial charge in [0.1, 0.15) is 18.5 Å². The number of benzene rings is 1. The SMILES string of the molecule is CC(C#N)OCCOc1ccc(C(=O)O)c(N)c1. The largest absolute Gasteiger partial charge is 0.491 e. The van der Waals surface area contributed by atoms with Crippen LogP contribution in [0.2, 0.25) is 0 Å². The third-order valence-corrected chi connectivity index (χ3v) is 2.16. The predicted molar refractivity (Wildman–Crippen MR) is 64.3 cm³/mol. The van der Waals surface area contributed by atoms with E-state index < -0.39 is 12.1 Å². The third kappa shape index (κ3) is 3.96. The Kier molecular flexibility index (Phi) is 4.96. The molecule has 0 aliphatic rings. The zero-order valence-corrected chi connectivity index (χ0v) is 9.92. The molecule has 0 aliphatic carbocycles. The summed E-state index contributed by atoms with van der Waals surface area (Å²) in [7, 11) is 0. The van der Waals surface area contributed by atoms with Gasteiger partial charge in [0.25, 0.3) is 0 Å². The van der Waals surface area contributed by atoms with Crippen LogP contribution in [0.5, 0.6) is 5.75 Å². The van der Waals surface area contributed by atoms with Gasteiger partial charge in [0.2, 0.25) is 0 Å². The van der Waals surface area contributed by atoms with Crippen LogP contribution in [0.3, 0.4) is 0 Å². The Morgan fingerprint density at radius 2 is 2.28 bits per heavy atom. The van der Waals surface area contributed by atoms with E-state index in [1.807, 2.05) is 6.07 Å². The van der Waals surface area contributed by atoms with Gasteiger partial charge in [0, 0.05) is 11.8 Å². The number of ether oxygens (including phenoxy) is 2. The Hall–Kier alpha value is -2.26. The molecule has 6 heteroatoms. The van der Waals surface area contributed by atoms with Crippen molar-refractivity contribution in [2.75, 3.05) is 18.9 Å². The lowest BCUT2D eigenvalue weighted by Crippen LogP contribution is -2.12. The number of hydrogen-bond donors (Lipinski definition) is 2. The Bertz CT molecular complexity index is 468. The number of rotatable bonds is 6. The molecule has 6 nitrogen and oxygen atoms in total. The van der Waals surface area contributed by atoms with Crippen LogP contribution in [0.25, 0.3) is 0 Å². The van der Waals surface area contributed by atoms with Gasteiger partial charge >= 0.3 is 5.97 Å². The maximum Gasteiger partial charge on any atom is 0.337 e. The molecule has 0 radical (unpaired) electrons. The summed E-state index contributed by atoms with van der Waals surface area (Å²) in [6, 6.07) is 6.27. The monoisotopic (exact) mass is 250 g/mol. The van der Waals surface area contributed by atoms with E-state index in [9.17, 15) is 4.79 Å². The summed E-state index contributed by atoms with van der Waals surface area (Å²) in [4.78, 5) is 10.7. The molecule has 3 N–H and O–H groups in total. The number of carbonyl (C=O) groups is 1. The molecule has 0 heterocycles. The second-order valence-electron chi connectivity index (χ2n) is 3.54. The second kappa shape index (κ2) is 6.47. The summed E-state index contributed by atoms with van der Waals surface area (Å²) in [5.74, 6) is -0.615. The van der Waals surface area contributed by atoms with Crippen LogP contribution in [0.1, 0.15) is 17.3 Å². The van der Waals surface area contributed by atoms with Crippen molar-refractivity contribution in [1.29, 1.82) is 5.26 Å². The fourth-order valence-electron chi connectivity index (χ4n) is 1.25. The van der Waals surface area contributed by atoms with Crippen molar-refractivity contribution in [3.05, 3.63) is 23.8 Å². The number of nitrogen functional groups attached to an aromatic ring is 1. The zero-order chi connectivity index (χ0) is 13.5. The zero-order valence-electron chi connectivity index (χ0n) is 9.92. The topological polar surface area (TPSA) is 106 Å². The fourth-order valence-corrected chi connectivity index (χ4v) is 1.25. The maximum absolute atomic E-state index is 10.7. The van der Waals surface area contributed by atoms with E-state index >= 15 is 0 Å². The molecule has 18 heavy (non-hydrogen) atoms. The number of anilines is 1. The molecule has 1 aromatic carbocycles. The molecule has 0 amide bonds. The normalized spacial score (nSPS) is 11.6. The third-order valence-electron chi connectivity index (χ3n) is 2.16. The number of carboxylic acids is 1. The maximum atomic E-state index is 10.7. The van der Waals surface area contributed by atoms with Crippen LogP contribution < -0.4 is 10.5 Å². The van der Waals surface area contributed by atoms with Crippen molar-refractivity contribution >= 4 is 11.7 Å². The number of hydrogen-bond acceptors (Lipinski definition) is 5. The van der Waals surface area contributed by atoms with Crippen molar-refractivity contribution in [3.8, 4) is 11.8 Å². The highest BCUT2D eigenvalue weighted by molar-refractivity contribution is 5.93. The lowest BCUT2D eigenvalue weighted by Gasteiger charge is -2.09. The van der Waals surface area contributed by atoms with E-state index in [4.69, 9.17) is 25.6 Å². The minimum absolute atomic E-state index is 0.0386. The number of nitrogens with zero attached hydrogens (tertiary/aromatic N) is 1. The van der Waals surface area contributed by atoms with Crippen molar-refractivity contribution in [2.45, 2.75) is 13.0 Å². The summed E-state index contributed by atoms with van der Waals surface area (Å²) in [5, 5.41) is 17.3. The average molecular weight is 250 g/mol. The predicted octanol–water partition coefficient (Wildman–Crippen LogP) is 1.27. The van der Waals surface area contributed by atoms with Crippen LogP contribution in [0.4, 0.5) is 5.69 Å². The first kappa shape index (κ1) is 13.8. The molecule has 0 aliphatic heterocycles. The van der Waals surface area contributed by atoms with Gasteiger partial charge in [-0.05, 0) is 19.1 Å². The number of nitriles is 1. The Morgan fingerprint density at radius 3 is 2.83 bits per heavy atom. The lowest BCUT2D eigenvalue weighted by atomic mass is 10.2. The van der Waals surface area contributed by atoms with Crippen LogP contribution in [-0.2, 0) is 4.74 Å². The molecule has 1 atom stereocenters. The van der Waals surface area contributed by atoms with E-state index in [0.717, 1.165) is 0 Å². The first-order chi connectivity index (χ1) is 8.54. The van der Waals surface area contributed by atoms with Crippen molar-refractivity contribution in [1.82, 2.24) is 0 Å². The summed E-state index contributed by atoms with van der Waals surface area (Å²) in [6.07, 6.45) is -0.479. The van der Waals surface area contributed by atoms with Crippen LogP contribution in [0.15, 0.2) is 18.2 Å². The quantitative estimate of drug-likeness (QED) is 0.581. The van der Waals surface area contributed by atoms with Crippen molar-refractivity contribution in [2.24, 2.45) is 0 Å². The van der Waals surface area contributed by atoms with Gasteiger partial charge in [-0.2, -0.15) is 5.26 Å². The Balaban J connectivity index is 2.47. The Morgan fingerprint density at radius 1 is 1.56 bits per heavy atom. The molecule has 1 rings (SSSR count). The highest BCUT2D eigenvalue weighted by Gasteiger charge is 2.08. The number of carboxylic acid groups (broad SMARTS) is 1. The number of aromatic carboxylic acids is 1. The van der Waals surface area contributed by atoms with Crippen LogP contribution in [0, 0.1) is 11.3 Å². The highest BCUT2D eigenvalue weighted by Crippen LogP contribution is 2.19. The fraction of sp³-hybridized carbons (Fsp3) is 0.333. The minimum atomic E-state index is -1.08. The second-order valence-corrected chi connectivity index (χ2v) is 3.54. The summed E-state index contributed by atoms with van der Waals surface area (Å²) < 4.78 is 10.4. The minimum Gasteiger partial charge on any atom is -0.491 e. The molecule has 0 spiro atoms. The van der Waals surface area contributed by atoms with Crippen molar-refractivity contribution in [3.63, 3.8) is 0 Å². The van der Waals surface area contributed by atoms with Gasteiger partial charge < -0.3 is 20.3 Å². The summed E-state index contributed by atoms with van der Waals surface area (Å²) in [6.45, 7) is 2.17. The van der Waals surface area contributed by atoms with Gasteiger partial charge in [-0.1, -0.05) is 0 Å². The highest BCUT2D eigenvalue weighted by atomic mass is 16.5. The molecule has 0 bridgehead atoms. The lowest BCUT2D eigenvalue weighted by molar-refractivity contribution is 0.0696. The van der Waals surface area contributed by atoms with E-state index in [0.29, 0.717) is 5.75 Å². The molecule has 0 aromatic heterocycles. The van der Waals surface area contributed by atoms with E-state index in [1.54, 1.807) is 6.92 Å². The van der Waals surface area contributed by atoms with Gasteiger partial charge in [-0.25, -0.2) is 4.79 Å². The van der Waals surface area contributed by atoms with Gasteiger partial charge in [-0.3, -0.25) is 0 Å². The van der Waals surface area contributed by atoms with Crippen LogP contribution >= 0.6 is 0 Å². The molecule has 0 fully saturated rings. The van der Waals surface area contributed by atoms with Crippen LogP contribution in [-0.4, -0.2) is 30.4 Å². The van der Waals surface area contributed by atoms with E-state index in [2.05, 4.69) is 0 Å². The molecule has 0 saturated heterocycles. The van der Waals surface area contributed by atoms with E-state index in [-0.39, 0.29) is 24.5 Å². The molecule has 1 unspecified atom stereocenters.